The van der Waals surface area contributed by atoms with Gasteiger partial charge in [0.1, 0.15) is 16.5 Å². The molecule has 180 valence electrons. The van der Waals surface area contributed by atoms with Gasteiger partial charge in [0, 0.05) is 42.6 Å². The van der Waals surface area contributed by atoms with Crippen molar-refractivity contribution < 1.29 is 22.3 Å². The van der Waals surface area contributed by atoms with Gasteiger partial charge in [0.15, 0.2) is 0 Å². The molecule has 2 heterocycles. The number of halogens is 1. The molecule has 1 aromatic heterocycles. The van der Waals surface area contributed by atoms with Gasteiger partial charge in [-0.05, 0) is 49.2 Å². The second-order valence-electron chi connectivity index (χ2n) is 8.01. The lowest BCUT2D eigenvalue weighted by Crippen LogP contribution is -2.36. The summed E-state index contributed by atoms with van der Waals surface area (Å²) in [5.74, 6) is 0.260. The van der Waals surface area contributed by atoms with Crippen LogP contribution in [0.3, 0.4) is 0 Å². The number of nitrogens with one attached hydrogen (secondary N) is 1. The molecular formula is C25H28FN3O4S. The SMILES string of the molecule is CCc1c(C(C)NS(=O)(=O)c2ccccc2F)ccnc1Oc1cccc(N2CCOCC2)c1. The summed E-state index contributed by atoms with van der Waals surface area (Å²) in [6.45, 7) is 6.68. The van der Waals surface area contributed by atoms with E-state index in [-0.39, 0.29) is 4.90 Å². The first-order valence-electron chi connectivity index (χ1n) is 11.2. The molecule has 1 unspecified atom stereocenters. The minimum absolute atomic E-state index is 0.384. The molecule has 1 saturated heterocycles. The van der Waals surface area contributed by atoms with Crippen LogP contribution in [0.1, 0.15) is 31.0 Å². The van der Waals surface area contributed by atoms with Crippen LogP contribution in [-0.4, -0.2) is 39.7 Å². The molecule has 0 aliphatic carbocycles. The standard InChI is InChI=1S/C25H28FN3O4S/c1-3-21-22(18(2)28-34(30,31)24-10-5-4-9-23(24)26)11-12-27-25(21)33-20-8-6-7-19(17-20)29-13-15-32-16-14-29/h4-12,17-18,28H,3,13-16H2,1-2H3. The molecule has 1 atom stereocenters. The van der Waals surface area contributed by atoms with E-state index in [1.54, 1.807) is 19.2 Å². The fourth-order valence-electron chi connectivity index (χ4n) is 4.04. The van der Waals surface area contributed by atoms with Crippen molar-refractivity contribution in [3.05, 3.63) is 77.7 Å². The monoisotopic (exact) mass is 485 g/mol. The Morgan fingerprint density at radius 1 is 1.15 bits per heavy atom. The lowest BCUT2D eigenvalue weighted by atomic mass is 10.0. The van der Waals surface area contributed by atoms with Crippen molar-refractivity contribution in [3.63, 3.8) is 0 Å². The van der Waals surface area contributed by atoms with Gasteiger partial charge in [-0.3, -0.25) is 0 Å². The second kappa shape index (κ2) is 10.5. The Kier molecular flexibility index (Phi) is 7.45. The van der Waals surface area contributed by atoms with E-state index in [1.165, 1.54) is 18.2 Å². The van der Waals surface area contributed by atoms with Crippen LogP contribution in [-0.2, 0) is 21.2 Å². The van der Waals surface area contributed by atoms with E-state index in [4.69, 9.17) is 9.47 Å². The van der Waals surface area contributed by atoms with Crippen LogP contribution >= 0.6 is 0 Å². The minimum Gasteiger partial charge on any atom is -0.439 e. The molecule has 7 nitrogen and oxygen atoms in total. The molecule has 1 N–H and O–H groups in total. The van der Waals surface area contributed by atoms with Crippen LogP contribution in [0.5, 0.6) is 11.6 Å². The zero-order chi connectivity index (χ0) is 24.1. The second-order valence-corrected chi connectivity index (χ2v) is 9.69. The Bertz CT molecular complexity index is 1250. The Hall–Kier alpha value is -3.01. The Balaban J connectivity index is 1.57. The third-order valence-corrected chi connectivity index (χ3v) is 7.31. The molecule has 0 amide bonds. The van der Waals surface area contributed by atoms with Gasteiger partial charge in [0.2, 0.25) is 15.9 Å². The Labute approximate surface area is 199 Å². The van der Waals surface area contributed by atoms with Gasteiger partial charge >= 0.3 is 0 Å². The highest BCUT2D eigenvalue weighted by Gasteiger charge is 2.24. The van der Waals surface area contributed by atoms with E-state index in [0.717, 1.165) is 36.0 Å². The van der Waals surface area contributed by atoms with Crippen molar-refractivity contribution in [1.82, 2.24) is 9.71 Å². The average molecular weight is 486 g/mol. The largest absolute Gasteiger partial charge is 0.439 e. The van der Waals surface area contributed by atoms with Crippen molar-refractivity contribution >= 4 is 15.7 Å². The summed E-state index contributed by atoms with van der Waals surface area (Å²) in [5.41, 5.74) is 2.54. The molecular weight excluding hydrogens is 457 g/mol. The predicted octanol–water partition coefficient (Wildman–Crippen LogP) is 4.45. The molecule has 34 heavy (non-hydrogen) atoms. The van der Waals surface area contributed by atoms with Crippen molar-refractivity contribution in [3.8, 4) is 11.6 Å². The van der Waals surface area contributed by atoms with Gasteiger partial charge in [0.25, 0.3) is 0 Å². The summed E-state index contributed by atoms with van der Waals surface area (Å²) in [5, 5.41) is 0. The smallest absolute Gasteiger partial charge is 0.244 e. The zero-order valence-electron chi connectivity index (χ0n) is 19.2. The molecule has 1 fully saturated rings. The number of nitrogens with zero attached hydrogens (tertiary/aromatic N) is 2. The number of morpholine rings is 1. The molecule has 2 aromatic carbocycles. The highest BCUT2D eigenvalue weighted by Crippen LogP contribution is 2.32. The molecule has 0 radical (unpaired) electrons. The van der Waals surface area contributed by atoms with Gasteiger partial charge in [-0.25, -0.2) is 22.5 Å². The third kappa shape index (κ3) is 5.38. The average Bonchev–Trinajstić information content (AvgIpc) is 2.84. The van der Waals surface area contributed by atoms with Crippen LogP contribution in [0.2, 0.25) is 0 Å². The molecule has 0 saturated carbocycles. The summed E-state index contributed by atoms with van der Waals surface area (Å²) in [7, 11) is -4.06. The molecule has 4 rings (SSSR count). The number of benzene rings is 2. The van der Waals surface area contributed by atoms with Crippen LogP contribution < -0.4 is 14.4 Å². The lowest BCUT2D eigenvalue weighted by molar-refractivity contribution is 0.122. The number of hydrogen-bond acceptors (Lipinski definition) is 6. The van der Waals surface area contributed by atoms with Crippen LogP contribution in [0.25, 0.3) is 0 Å². The molecule has 9 heteroatoms. The van der Waals surface area contributed by atoms with Crippen molar-refractivity contribution in [2.45, 2.75) is 31.2 Å². The predicted molar refractivity (Wildman–Crippen MR) is 128 cm³/mol. The van der Waals surface area contributed by atoms with Crippen molar-refractivity contribution in [2.24, 2.45) is 0 Å². The maximum atomic E-state index is 14.1. The topological polar surface area (TPSA) is 80.8 Å². The minimum atomic E-state index is -4.06. The first-order chi connectivity index (χ1) is 16.4. The molecule has 0 spiro atoms. The van der Waals surface area contributed by atoms with Gasteiger partial charge in [0.05, 0.1) is 13.2 Å². The van der Waals surface area contributed by atoms with Gasteiger partial charge in [-0.1, -0.05) is 25.1 Å². The van der Waals surface area contributed by atoms with Gasteiger partial charge in [-0.15, -0.1) is 0 Å². The summed E-state index contributed by atoms with van der Waals surface area (Å²) in [6.07, 6.45) is 2.16. The quantitative estimate of drug-likeness (QED) is 0.508. The van der Waals surface area contributed by atoms with Crippen LogP contribution in [0.15, 0.2) is 65.7 Å². The number of ether oxygens (including phenoxy) is 2. The number of sulfonamides is 1. The van der Waals surface area contributed by atoms with Gasteiger partial charge < -0.3 is 14.4 Å². The summed E-state index contributed by atoms with van der Waals surface area (Å²) in [6, 6.07) is 14.2. The Morgan fingerprint density at radius 2 is 1.91 bits per heavy atom. The number of pyridine rings is 1. The van der Waals surface area contributed by atoms with E-state index in [0.29, 0.717) is 31.3 Å². The van der Waals surface area contributed by atoms with E-state index >= 15 is 0 Å². The normalized spacial score (nSPS) is 15.2. The third-order valence-electron chi connectivity index (χ3n) is 5.74. The van der Waals surface area contributed by atoms with Gasteiger partial charge in [-0.2, -0.15) is 0 Å². The number of aromatic nitrogens is 1. The zero-order valence-corrected chi connectivity index (χ0v) is 20.0. The highest BCUT2D eigenvalue weighted by atomic mass is 32.2. The molecule has 3 aromatic rings. The Morgan fingerprint density at radius 3 is 2.65 bits per heavy atom. The van der Waals surface area contributed by atoms with E-state index < -0.39 is 21.9 Å². The van der Waals surface area contributed by atoms with Crippen molar-refractivity contribution in [1.29, 1.82) is 0 Å². The first kappa shape index (κ1) is 24.1. The lowest BCUT2D eigenvalue weighted by Gasteiger charge is -2.29. The maximum Gasteiger partial charge on any atom is 0.244 e. The fourth-order valence-corrected chi connectivity index (χ4v) is 5.34. The maximum absolute atomic E-state index is 14.1. The van der Waals surface area contributed by atoms with E-state index in [2.05, 4.69) is 14.6 Å². The van der Waals surface area contributed by atoms with Crippen LogP contribution in [0.4, 0.5) is 10.1 Å². The van der Waals surface area contributed by atoms with Crippen LogP contribution in [0, 0.1) is 5.82 Å². The fraction of sp³-hybridized carbons (Fsp3) is 0.320. The number of anilines is 1. The van der Waals surface area contributed by atoms with Crippen molar-refractivity contribution in [2.75, 3.05) is 31.2 Å². The first-order valence-corrected chi connectivity index (χ1v) is 12.7. The highest BCUT2D eigenvalue weighted by molar-refractivity contribution is 7.89. The molecule has 0 bridgehead atoms. The molecule has 1 aliphatic rings. The van der Waals surface area contributed by atoms with E-state index in [1.807, 2.05) is 31.2 Å². The molecule has 1 aliphatic heterocycles. The summed E-state index contributed by atoms with van der Waals surface area (Å²) < 4.78 is 53.8. The van der Waals surface area contributed by atoms with E-state index in [9.17, 15) is 12.8 Å². The summed E-state index contributed by atoms with van der Waals surface area (Å²) in [4.78, 5) is 6.26. The number of rotatable bonds is 8. The summed E-state index contributed by atoms with van der Waals surface area (Å²) >= 11 is 0. The number of hydrogen-bond donors (Lipinski definition) is 1.